The summed E-state index contributed by atoms with van der Waals surface area (Å²) in [6.45, 7) is 3.42. The van der Waals surface area contributed by atoms with Crippen LogP contribution in [0.2, 0.25) is 0 Å². The summed E-state index contributed by atoms with van der Waals surface area (Å²) in [5, 5.41) is 0. The highest BCUT2D eigenvalue weighted by atomic mass is 19.4. The molecule has 0 radical (unpaired) electrons. The molecule has 2 N–H and O–H groups in total. The van der Waals surface area contributed by atoms with Gasteiger partial charge in [0.15, 0.2) is 0 Å². The monoisotopic (exact) mass is 293 g/mol. The molecule has 0 aromatic carbocycles. The van der Waals surface area contributed by atoms with Crippen LogP contribution in [0.1, 0.15) is 33.1 Å². The van der Waals surface area contributed by atoms with Crippen LogP contribution < -0.4 is 5.73 Å². The van der Waals surface area contributed by atoms with Gasteiger partial charge in [-0.05, 0) is 18.3 Å². The summed E-state index contributed by atoms with van der Waals surface area (Å²) in [7, 11) is 0. The van der Waals surface area contributed by atoms with E-state index in [1.165, 1.54) is 0 Å². The Balaban J connectivity index is 2.86. The van der Waals surface area contributed by atoms with Crippen LogP contribution in [0, 0.1) is 5.41 Å². The second kappa shape index (κ2) is 5.12. The lowest BCUT2D eigenvalue weighted by molar-refractivity contribution is -0.335. The van der Waals surface area contributed by atoms with E-state index in [1.807, 2.05) is 0 Å². The molecule has 0 aliphatic heterocycles. The molecule has 2 atom stereocenters. The lowest BCUT2D eigenvalue weighted by Crippen LogP contribution is -2.55. The zero-order chi connectivity index (χ0) is 15.1. The summed E-state index contributed by atoms with van der Waals surface area (Å²) in [5.41, 5.74) is 5.19. The second-order valence-corrected chi connectivity index (χ2v) is 5.54. The van der Waals surface area contributed by atoms with Crippen LogP contribution in [-0.4, -0.2) is 30.6 Å². The Bertz CT molecular complexity index is 297. The molecule has 114 valence electrons. The average Bonchev–Trinajstić information content (AvgIpc) is 2.16. The number of alkyl halides is 6. The van der Waals surface area contributed by atoms with Gasteiger partial charge in [0.2, 0.25) is 6.10 Å². The smallest absolute Gasteiger partial charge is 0.356 e. The van der Waals surface area contributed by atoms with E-state index in [2.05, 4.69) is 4.74 Å². The molecule has 2 unspecified atom stereocenters. The molecule has 0 aromatic heterocycles. The molecule has 1 saturated carbocycles. The maximum absolute atomic E-state index is 12.4. The van der Waals surface area contributed by atoms with Crippen LogP contribution in [0.15, 0.2) is 0 Å². The van der Waals surface area contributed by atoms with Crippen molar-refractivity contribution in [3.63, 3.8) is 0 Å². The molecule has 0 amide bonds. The Morgan fingerprint density at radius 2 is 1.58 bits per heavy atom. The molecule has 0 spiro atoms. The van der Waals surface area contributed by atoms with Crippen molar-refractivity contribution < 1.29 is 31.1 Å². The topological polar surface area (TPSA) is 35.2 Å². The van der Waals surface area contributed by atoms with Gasteiger partial charge in [0.25, 0.3) is 0 Å². The number of ether oxygens (including phenoxy) is 1. The van der Waals surface area contributed by atoms with E-state index in [0.717, 1.165) is 0 Å². The number of hydrogen-bond donors (Lipinski definition) is 1. The lowest BCUT2D eigenvalue weighted by atomic mass is 9.72. The maximum atomic E-state index is 12.4. The summed E-state index contributed by atoms with van der Waals surface area (Å²) >= 11 is 0. The van der Waals surface area contributed by atoms with Crippen molar-refractivity contribution >= 4 is 0 Å². The van der Waals surface area contributed by atoms with Crippen LogP contribution in [0.3, 0.4) is 0 Å². The zero-order valence-electron chi connectivity index (χ0n) is 10.6. The molecule has 1 rings (SSSR count). The quantitative estimate of drug-likeness (QED) is 0.792. The minimum atomic E-state index is -5.49. The Labute approximate surface area is 107 Å². The highest BCUT2D eigenvalue weighted by Crippen LogP contribution is 2.41. The summed E-state index contributed by atoms with van der Waals surface area (Å²) in [4.78, 5) is 0. The molecule has 0 saturated heterocycles. The van der Waals surface area contributed by atoms with Gasteiger partial charge < -0.3 is 10.5 Å². The molecule has 0 aromatic rings. The number of halogens is 6. The van der Waals surface area contributed by atoms with Gasteiger partial charge >= 0.3 is 12.4 Å². The van der Waals surface area contributed by atoms with Crippen LogP contribution in [-0.2, 0) is 4.74 Å². The zero-order valence-corrected chi connectivity index (χ0v) is 10.6. The first-order valence-corrected chi connectivity index (χ1v) is 5.90. The first-order chi connectivity index (χ1) is 8.36. The van der Waals surface area contributed by atoms with E-state index < -0.39 is 36.0 Å². The molecule has 19 heavy (non-hydrogen) atoms. The first kappa shape index (κ1) is 16.6. The molecule has 0 bridgehead atoms. The van der Waals surface area contributed by atoms with E-state index in [9.17, 15) is 26.3 Å². The SMILES string of the molecule is CC1(C)CCCC(OC(C(F)(F)F)C(F)(F)F)C1N. The van der Waals surface area contributed by atoms with Crippen molar-refractivity contribution in [1.29, 1.82) is 0 Å². The van der Waals surface area contributed by atoms with E-state index in [4.69, 9.17) is 5.73 Å². The lowest BCUT2D eigenvalue weighted by Gasteiger charge is -2.43. The first-order valence-electron chi connectivity index (χ1n) is 5.90. The fraction of sp³-hybridized carbons (Fsp3) is 1.00. The molecule has 2 nitrogen and oxygen atoms in total. The van der Waals surface area contributed by atoms with Gasteiger partial charge in [-0.1, -0.05) is 20.3 Å². The van der Waals surface area contributed by atoms with Gasteiger partial charge in [0.1, 0.15) is 0 Å². The summed E-state index contributed by atoms with van der Waals surface area (Å²) in [6.07, 6.45) is -14.7. The summed E-state index contributed by atoms with van der Waals surface area (Å²) in [6, 6.07) is -0.853. The molecular formula is C11H17F6NO. The number of rotatable bonds is 2. The summed E-state index contributed by atoms with van der Waals surface area (Å²) in [5.74, 6) is 0. The van der Waals surface area contributed by atoms with E-state index in [1.54, 1.807) is 13.8 Å². The molecule has 0 heterocycles. The Kier molecular flexibility index (Phi) is 4.46. The van der Waals surface area contributed by atoms with Crippen molar-refractivity contribution in [2.45, 2.75) is 63.7 Å². The third-order valence-electron chi connectivity index (χ3n) is 3.52. The molecule has 8 heteroatoms. The van der Waals surface area contributed by atoms with Crippen molar-refractivity contribution in [3.05, 3.63) is 0 Å². The van der Waals surface area contributed by atoms with Gasteiger partial charge in [-0.25, -0.2) is 0 Å². The third-order valence-corrected chi connectivity index (χ3v) is 3.52. The fourth-order valence-electron chi connectivity index (χ4n) is 2.28. The van der Waals surface area contributed by atoms with Crippen LogP contribution in [0.25, 0.3) is 0 Å². The molecular weight excluding hydrogens is 276 g/mol. The van der Waals surface area contributed by atoms with Gasteiger partial charge in [-0.3, -0.25) is 0 Å². The Hall–Kier alpha value is -0.500. The fourth-order valence-corrected chi connectivity index (χ4v) is 2.28. The minimum absolute atomic E-state index is 0.104. The molecule has 1 aliphatic carbocycles. The predicted molar refractivity (Wildman–Crippen MR) is 56.4 cm³/mol. The van der Waals surface area contributed by atoms with Gasteiger partial charge in [-0.15, -0.1) is 0 Å². The van der Waals surface area contributed by atoms with E-state index >= 15 is 0 Å². The van der Waals surface area contributed by atoms with Crippen LogP contribution in [0.5, 0.6) is 0 Å². The molecule has 1 aliphatic rings. The minimum Gasteiger partial charge on any atom is -0.356 e. The Morgan fingerprint density at radius 1 is 1.11 bits per heavy atom. The highest BCUT2D eigenvalue weighted by molar-refractivity contribution is 4.93. The van der Waals surface area contributed by atoms with Crippen LogP contribution >= 0.6 is 0 Å². The van der Waals surface area contributed by atoms with Gasteiger partial charge in [-0.2, -0.15) is 26.3 Å². The van der Waals surface area contributed by atoms with Crippen molar-refractivity contribution in [2.75, 3.05) is 0 Å². The van der Waals surface area contributed by atoms with Gasteiger partial charge in [0, 0.05) is 6.04 Å². The van der Waals surface area contributed by atoms with Crippen LogP contribution in [0.4, 0.5) is 26.3 Å². The number of hydrogen-bond acceptors (Lipinski definition) is 2. The average molecular weight is 293 g/mol. The number of nitrogens with two attached hydrogens (primary N) is 1. The maximum Gasteiger partial charge on any atom is 0.423 e. The highest BCUT2D eigenvalue weighted by Gasteiger charge is 2.59. The molecule has 1 fully saturated rings. The standard InChI is InChI=1S/C11H17F6NO/c1-9(2)5-3-4-6(7(9)18)19-8(10(12,13)14)11(15,16)17/h6-8H,3-5,18H2,1-2H3. The van der Waals surface area contributed by atoms with Crippen molar-refractivity contribution in [1.82, 2.24) is 0 Å². The summed E-state index contributed by atoms with van der Waals surface area (Å²) < 4.78 is 78.7. The van der Waals surface area contributed by atoms with E-state index in [0.29, 0.717) is 12.8 Å². The second-order valence-electron chi connectivity index (χ2n) is 5.54. The van der Waals surface area contributed by atoms with E-state index in [-0.39, 0.29) is 6.42 Å². The normalized spacial score (nSPS) is 28.7. The predicted octanol–water partition coefficient (Wildman–Crippen LogP) is 3.40. The Morgan fingerprint density at radius 3 is 2.00 bits per heavy atom. The largest absolute Gasteiger partial charge is 0.423 e. The van der Waals surface area contributed by atoms with Crippen molar-refractivity contribution in [3.8, 4) is 0 Å². The van der Waals surface area contributed by atoms with Gasteiger partial charge in [0.05, 0.1) is 6.10 Å². The third kappa shape index (κ3) is 3.98. The van der Waals surface area contributed by atoms with Crippen molar-refractivity contribution in [2.24, 2.45) is 11.1 Å².